The third-order valence-corrected chi connectivity index (χ3v) is 3.89. The normalized spacial score (nSPS) is 11.0. The smallest absolute Gasteiger partial charge is 0.387 e. The zero-order valence-corrected chi connectivity index (χ0v) is 15.2. The highest BCUT2D eigenvalue weighted by Crippen LogP contribution is 2.29. The molecular weight excluding hydrogens is 387 g/mol. The minimum atomic E-state index is -2.95. The molecule has 0 heterocycles. The Hall–Kier alpha value is -2.31. The van der Waals surface area contributed by atoms with Crippen LogP contribution in [0.3, 0.4) is 0 Å². The van der Waals surface area contributed by atoms with Gasteiger partial charge < -0.3 is 14.8 Å². The summed E-state index contributed by atoms with van der Waals surface area (Å²) in [6.07, 6.45) is 2.83. The number of ether oxygens (including phenoxy) is 2. The molecule has 2 rings (SSSR count). The van der Waals surface area contributed by atoms with E-state index in [1.54, 1.807) is 18.2 Å². The van der Waals surface area contributed by atoms with Crippen LogP contribution in [-0.2, 0) is 11.3 Å². The summed E-state index contributed by atoms with van der Waals surface area (Å²) in [6, 6.07) is 9.35. The maximum atomic E-state index is 12.3. The number of carbonyl (C=O) groups excluding carboxylic acids is 1. The van der Waals surface area contributed by atoms with Gasteiger partial charge in [0.1, 0.15) is 0 Å². The number of nitrogens with one attached hydrogen (secondary N) is 1. The molecule has 0 unspecified atom stereocenters. The van der Waals surface area contributed by atoms with Crippen molar-refractivity contribution in [1.82, 2.24) is 5.32 Å². The van der Waals surface area contributed by atoms with Crippen molar-refractivity contribution in [3.63, 3.8) is 0 Å². The third-order valence-electron chi connectivity index (χ3n) is 3.30. The van der Waals surface area contributed by atoms with Crippen LogP contribution in [0, 0.1) is 0 Å². The number of benzene rings is 2. The Morgan fingerprint density at radius 1 is 1.19 bits per heavy atom. The van der Waals surface area contributed by atoms with Gasteiger partial charge in [0, 0.05) is 22.7 Å². The van der Waals surface area contributed by atoms with E-state index in [0.717, 1.165) is 5.56 Å². The summed E-state index contributed by atoms with van der Waals surface area (Å²) in [7, 11) is 1.34. The van der Waals surface area contributed by atoms with E-state index in [9.17, 15) is 13.6 Å². The Labute approximate surface area is 159 Å². The first-order valence-corrected chi connectivity index (χ1v) is 8.17. The van der Waals surface area contributed by atoms with E-state index in [-0.39, 0.29) is 24.0 Å². The SMILES string of the molecule is COc1cc(/C=C/C(=O)NCc2ccc(Cl)cc2Cl)ccc1OC(F)F. The standard InChI is InChI=1S/C18H15Cl2F2NO3/c1-25-16-8-11(2-6-15(16)26-18(21)22)3-7-17(24)23-10-12-4-5-13(19)9-14(12)20/h2-9,18H,10H2,1H3,(H,23,24)/b7-3+. The van der Waals surface area contributed by atoms with Gasteiger partial charge in [-0.15, -0.1) is 0 Å². The number of carbonyl (C=O) groups is 1. The zero-order valence-electron chi connectivity index (χ0n) is 13.6. The third kappa shape index (κ3) is 5.89. The molecule has 2 aromatic rings. The van der Waals surface area contributed by atoms with E-state index in [0.29, 0.717) is 15.6 Å². The van der Waals surface area contributed by atoms with Crippen LogP contribution in [0.15, 0.2) is 42.5 Å². The first-order chi connectivity index (χ1) is 12.4. The topological polar surface area (TPSA) is 47.6 Å². The highest BCUT2D eigenvalue weighted by molar-refractivity contribution is 6.35. The number of rotatable bonds is 7. The summed E-state index contributed by atoms with van der Waals surface area (Å²) in [4.78, 5) is 11.9. The molecule has 0 bridgehead atoms. The molecule has 1 N–H and O–H groups in total. The lowest BCUT2D eigenvalue weighted by Crippen LogP contribution is -2.20. The van der Waals surface area contributed by atoms with Gasteiger partial charge in [-0.1, -0.05) is 35.3 Å². The van der Waals surface area contributed by atoms with Crippen molar-refractivity contribution in [3.8, 4) is 11.5 Å². The fraction of sp³-hybridized carbons (Fsp3) is 0.167. The predicted octanol–water partition coefficient (Wildman–Crippen LogP) is 4.93. The molecule has 0 saturated carbocycles. The molecule has 1 amide bonds. The lowest BCUT2D eigenvalue weighted by atomic mass is 10.2. The molecule has 0 saturated heterocycles. The first kappa shape index (κ1) is 20.0. The Morgan fingerprint density at radius 2 is 1.96 bits per heavy atom. The van der Waals surface area contributed by atoms with Crippen LogP contribution in [0.4, 0.5) is 8.78 Å². The average molecular weight is 402 g/mol. The monoisotopic (exact) mass is 401 g/mol. The Kier molecular flexibility index (Phi) is 7.24. The molecule has 0 aliphatic heterocycles. The van der Waals surface area contributed by atoms with Crippen molar-refractivity contribution in [3.05, 3.63) is 63.6 Å². The van der Waals surface area contributed by atoms with E-state index < -0.39 is 6.61 Å². The lowest BCUT2D eigenvalue weighted by Gasteiger charge is -2.10. The van der Waals surface area contributed by atoms with Gasteiger partial charge in [-0.05, 0) is 41.5 Å². The number of hydrogen-bond acceptors (Lipinski definition) is 3. The summed E-state index contributed by atoms with van der Waals surface area (Å²) < 4.78 is 34.0. The molecule has 0 fully saturated rings. The number of halogens is 4. The molecule has 0 aromatic heterocycles. The minimum absolute atomic E-state index is 0.0820. The zero-order chi connectivity index (χ0) is 19.1. The van der Waals surface area contributed by atoms with Gasteiger partial charge in [-0.25, -0.2) is 0 Å². The van der Waals surface area contributed by atoms with E-state index >= 15 is 0 Å². The quantitative estimate of drug-likeness (QED) is 0.668. The number of amides is 1. The van der Waals surface area contributed by atoms with Crippen molar-refractivity contribution in [2.75, 3.05) is 7.11 Å². The lowest BCUT2D eigenvalue weighted by molar-refractivity contribution is -0.116. The van der Waals surface area contributed by atoms with E-state index in [1.165, 1.54) is 37.5 Å². The molecule has 2 aromatic carbocycles. The van der Waals surface area contributed by atoms with Crippen LogP contribution in [0.25, 0.3) is 6.08 Å². The van der Waals surface area contributed by atoms with Gasteiger partial charge in [-0.2, -0.15) is 8.78 Å². The van der Waals surface area contributed by atoms with Crippen LogP contribution < -0.4 is 14.8 Å². The van der Waals surface area contributed by atoms with Gasteiger partial charge in [0.05, 0.1) is 7.11 Å². The van der Waals surface area contributed by atoms with E-state index in [2.05, 4.69) is 10.1 Å². The largest absolute Gasteiger partial charge is 0.493 e. The fourth-order valence-corrected chi connectivity index (χ4v) is 2.53. The predicted molar refractivity (Wildman–Crippen MR) is 97.0 cm³/mol. The Morgan fingerprint density at radius 3 is 2.62 bits per heavy atom. The van der Waals surface area contributed by atoms with Crippen LogP contribution in [0.5, 0.6) is 11.5 Å². The molecule has 26 heavy (non-hydrogen) atoms. The van der Waals surface area contributed by atoms with Gasteiger partial charge in [0.25, 0.3) is 0 Å². The second kappa shape index (κ2) is 9.40. The number of hydrogen-bond donors (Lipinski definition) is 1. The Balaban J connectivity index is 1.98. The summed E-state index contributed by atoms with van der Waals surface area (Å²) in [5.41, 5.74) is 1.32. The van der Waals surface area contributed by atoms with Crippen molar-refractivity contribution >= 4 is 35.2 Å². The molecule has 8 heteroatoms. The first-order valence-electron chi connectivity index (χ1n) is 7.41. The fourth-order valence-electron chi connectivity index (χ4n) is 2.06. The molecule has 0 aliphatic carbocycles. The van der Waals surface area contributed by atoms with E-state index in [1.807, 2.05) is 0 Å². The molecule has 0 radical (unpaired) electrons. The van der Waals surface area contributed by atoms with Crippen molar-refractivity contribution in [2.24, 2.45) is 0 Å². The maximum absolute atomic E-state index is 12.3. The van der Waals surface area contributed by atoms with Crippen molar-refractivity contribution in [2.45, 2.75) is 13.2 Å². The number of alkyl halides is 2. The maximum Gasteiger partial charge on any atom is 0.387 e. The van der Waals surface area contributed by atoms with Gasteiger partial charge in [0.2, 0.25) is 5.91 Å². The van der Waals surface area contributed by atoms with Gasteiger partial charge in [0.15, 0.2) is 11.5 Å². The molecule has 0 spiro atoms. The van der Waals surface area contributed by atoms with Crippen LogP contribution in [0.2, 0.25) is 10.0 Å². The molecule has 4 nitrogen and oxygen atoms in total. The van der Waals surface area contributed by atoms with E-state index in [4.69, 9.17) is 27.9 Å². The highest BCUT2D eigenvalue weighted by Gasteiger charge is 2.10. The summed E-state index contributed by atoms with van der Waals surface area (Å²) in [5, 5.41) is 3.66. The summed E-state index contributed by atoms with van der Waals surface area (Å²) in [6.45, 7) is -2.71. The van der Waals surface area contributed by atoms with Crippen molar-refractivity contribution in [1.29, 1.82) is 0 Å². The molecule has 0 aliphatic rings. The molecule has 0 atom stereocenters. The summed E-state index contributed by atoms with van der Waals surface area (Å²) in [5.74, 6) is -0.287. The second-order valence-corrected chi connectivity index (χ2v) is 5.92. The Bertz CT molecular complexity index is 813. The highest BCUT2D eigenvalue weighted by atomic mass is 35.5. The van der Waals surface area contributed by atoms with Crippen LogP contribution in [-0.4, -0.2) is 19.6 Å². The number of methoxy groups -OCH3 is 1. The van der Waals surface area contributed by atoms with Crippen LogP contribution in [0.1, 0.15) is 11.1 Å². The molecule has 138 valence electrons. The molecular formula is C18H15Cl2F2NO3. The summed E-state index contributed by atoms with van der Waals surface area (Å²) >= 11 is 11.9. The average Bonchev–Trinajstić information content (AvgIpc) is 2.59. The second-order valence-electron chi connectivity index (χ2n) is 5.08. The van der Waals surface area contributed by atoms with Gasteiger partial charge in [-0.3, -0.25) is 4.79 Å². The van der Waals surface area contributed by atoms with Gasteiger partial charge >= 0.3 is 6.61 Å². The van der Waals surface area contributed by atoms with Crippen molar-refractivity contribution < 1.29 is 23.0 Å². The van der Waals surface area contributed by atoms with Crippen LogP contribution >= 0.6 is 23.2 Å². The minimum Gasteiger partial charge on any atom is -0.493 e.